The molecule has 1 aliphatic rings. The van der Waals surface area contributed by atoms with E-state index < -0.39 is 0 Å². The van der Waals surface area contributed by atoms with Crippen molar-refractivity contribution >= 4 is 11.4 Å². The lowest BCUT2D eigenvalue weighted by Crippen LogP contribution is -2.31. The van der Waals surface area contributed by atoms with Gasteiger partial charge in [-0.05, 0) is 11.6 Å². The third-order valence-corrected chi connectivity index (χ3v) is 3.67. The summed E-state index contributed by atoms with van der Waals surface area (Å²) >= 11 is 0. The molecule has 0 atom stereocenters. The molecule has 0 bridgehead atoms. The second-order valence-corrected chi connectivity index (χ2v) is 5.09. The Morgan fingerprint density at radius 1 is 1.24 bits per heavy atom. The predicted molar refractivity (Wildman–Crippen MR) is 90.2 cm³/mol. The third kappa shape index (κ3) is 2.58. The summed E-state index contributed by atoms with van der Waals surface area (Å²) in [6, 6.07) is 8.08. The lowest BCUT2D eigenvalue weighted by molar-refractivity contribution is 0.507. The second-order valence-electron chi connectivity index (χ2n) is 5.09. The van der Waals surface area contributed by atoms with Crippen molar-refractivity contribution in [1.82, 2.24) is 5.01 Å². The number of benzene rings is 1. The summed E-state index contributed by atoms with van der Waals surface area (Å²) in [6.45, 7) is 8.49. The fourth-order valence-electron chi connectivity index (χ4n) is 2.67. The van der Waals surface area contributed by atoms with Crippen molar-refractivity contribution in [2.45, 2.75) is 0 Å². The quantitative estimate of drug-likeness (QED) is 0.659. The molecule has 110 valence electrons. The molecule has 0 aromatic heterocycles. The summed E-state index contributed by atoms with van der Waals surface area (Å²) in [6.07, 6.45) is 3.58. The van der Waals surface area contributed by atoms with E-state index in [-0.39, 0.29) is 0 Å². The Bertz CT molecular complexity index is 638. The fraction of sp³-hybridized carbons (Fsp3) is 0.176. The molecule has 21 heavy (non-hydrogen) atoms. The Hall–Kier alpha value is -2.46. The van der Waals surface area contributed by atoms with Gasteiger partial charge in [0.15, 0.2) is 0 Å². The molecule has 0 saturated heterocycles. The van der Waals surface area contributed by atoms with Crippen molar-refractivity contribution < 1.29 is 0 Å². The zero-order valence-electron chi connectivity index (χ0n) is 12.6. The predicted octanol–water partition coefficient (Wildman–Crippen LogP) is 2.24. The van der Waals surface area contributed by atoms with Crippen LogP contribution in [-0.4, -0.2) is 25.6 Å². The maximum atomic E-state index is 6.39. The van der Waals surface area contributed by atoms with E-state index in [0.717, 1.165) is 28.1 Å². The molecular formula is C17H22N4. The number of nitrogens with zero attached hydrogens (tertiary/aromatic N) is 2. The van der Waals surface area contributed by atoms with Gasteiger partial charge >= 0.3 is 0 Å². The molecule has 0 unspecified atom stereocenters. The van der Waals surface area contributed by atoms with Crippen LogP contribution in [0, 0.1) is 0 Å². The largest absolute Gasteiger partial charge is 0.396 e. The molecule has 0 aliphatic carbocycles. The van der Waals surface area contributed by atoms with Crippen LogP contribution in [0.15, 0.2) is 66.4 Å². The van der Waals surface area contributed by atoms with Crippen LogP contribution < -0.4 is 16.5 Å². The van der Waals surface area contributed by atoms with Gasteiger partial charge in [-0.3, -0.25) is 0 Å². The summed E-state index contributed by atoms with van der Waals surface area (Å²) in [5, 5.41) is 1.55. The SMILES string of the molecule is C=C/C1=C(C=C)/C(N)=C(/N(C)N)c2ccccc2N(C)C1. The van der Waals surface area contributed by atoms with Gasteiger partial charge in [0.25, 0.3) is 0 Å². The van der Waals surface area contributed by atoms with E-state index in [1.807, 2.05) is 31.3 Å². The number of anilines is 1. The molecule has 4 N–H and O–H groups in total. The van der Waals surface area contributed by atoms with Crippen LogP contribution in [-0.2, 0) is 0 Å². The Kier molecular flexibility index (Phi) is 4.19. The first-order chi connectivity index (χ1) is 10.0. The Morgan fingerprint density at radius 3 is 2.48 bits per heavy atom. The Balaban J connectivity index is 2.85. The lowest BCUT2D eigenvalue weighted by Gasteiger charge is -2.31. The highest BCUT2D eigenvalue weighted by molar-refractivity contribution is 5.81. The van der Waals surface area contributed by atoms with E-state index in [9.17, 15) is 0 Å². The first-order valence-electron chi connectivity index (χ1n) is 6.78. The zero-order chi connectivity index (χ0) is 15.6. The van der Waals surface area contributed by atoms with Gasteiger partial charge in [0.05, 0.1) is 11.4 Å². The van der Waals surface area contributed by atoms with Gasteiger partial charge in [0.1, 0.15) is 0 Å². The van der Waals surface area contributed by atoms with Crippen LogP contribution in [0.2, 0.25) is 0 Å². The van der Waals surface area contributed by atoms with Gasteiger partial charge in [0, 0.05) is 37.5 Å². The van der Waals surface area contributed by atoms with Gasteiger partial charge in [-0.15, -0.1) is 0 Å². The number of para-hydroxylation sites is 1. The van der Waals surface area contributed by atoms with Gasteiger partial charge in [0.2, 0.25) is 0 Å². The maximum absolute atomic E-state index is 6.39. The minimum absolute atomic E-state index is 0.616. The van der Waals surface area contributed by atoms with Crippen molar-refractivity contribution in [2.75, 3.05) is 25.5 Å². The normalized spacial score (nSPS) is 22.1. The van der Waals surface area contributed by atoms with Crippen LogP contribution in [0.3, 0.4) is 0 Å². The van der Waals surface area contributed by atoms with E-state index in [2.05, 4.69) is 24.1 Å². The number of hydrazine groups is 1. The van der Waals surface area contributed by atoms with Gasteiger partial charge in [-0.2, -0.15) is 0 Å². The number of rotatable bonds is 3. The molecule has 1 heterocycles. The van der Waals surface area contributed by atoms with Crippen LogP contribution >= 0.6 is 0 Å². The molecule has 1 aromatic rings. The first kappa shape index (κ1) is 14.9. The minimum atomic E-state index is 0.616. The van der Waals surface area contributed by atoms with Gasteiger partial charge < -0.3 is 15.6 Å². The van der Waals surface area contributed by atoms with Crippen molar-refractivity contribution in [3.63, 3.8) is 0 Å². The van der Waals surface area contributed by atoms with E-state index in [1.165, 1.54) is 0 Å². The van der Waals surface area contributed by atoms with Crippen LogP contribution in [0.5, 0.6) is 0 Å². The topological polar surface area (TPSA) is 58.5 Å². The van der Waals surface area contributed by atoms with E-state index in [1.54, 1.807) is 18.1 Å². The molecule has 4 nitrogen and oxygen atoms in total. The molecule has 1 aliphatic heterocycles. The summed E-state index contributed by atoms with van der Waals surface area (Å²) < 4.78 is 0. The molecule has 0 radical (unpaired) electrons. The summed E-state index contributed by atoms with van der Waals surface area (Å²) in [4.78, 5) is 2.16. The van der Waals surface area contributed by atoms with E-state index >= 15 is 0 Å². The first-order valence-corrected chi connectivity index (χ1v) is 6.78. The van der Waals surface area contributed by atoms with Gasteiger partial charge in [-0.1, -0.05) is 43.5 Å². The van der Waals surface area contributed by atoms with Crippen LogP contribution in [0.25, 0.3) is 5.70 Å². The molecule has 0 spiro atoms. The van der Waals surface area contributed by atoms with Crippen molar-refractivity contribution in [2.24, 2.45) is 11.6 Å². The maximum Gasteiger partial charge on any atom is 0.0843 e. The highest BCUT2D eigenvalue weighted by Crippen LogP contribution is 2.34. The highest BCUT2D eigenvalue weighted by atomic mass is 15.4. The average molecular weight is 282 g/mol. The zero-order valence-corrected chi connectivity index (χ0v) is 12.6. The molecule has 0 amide bonds. The molecule has 2 rings (SSSR count). The standard InChI is InChI=1S/C17H22N4/c1-5-12-11-20(3)15-10-8-7-9-14(15)17(21(4)19)16(18)13(12)6-2/h5-10H,1-2,11,18-19H2,3-4H3/b13-12-,17-16-. The molecule has 4 heteroatoms. The van der Waals surface area contributed by atoms with Crippen LogP contribution in [0.4, 0.5) is 5.69 Å². The highest BCUT2D eigenvalue weighted by Gasteiger charge is 2.21. The van der Waals surface area contributed by atoms with E-state index in [0.29, 0.717) is 12.2 Å². The summed E-state index contributed by atoms with van der Waals surface area (Å²) in [5.41, 5.74) is 11.8. The minimum Gasteiger partial charge on any atom is -0.396 e. The fourth-order valence-corrected chi connectivity index (χ4v) is 2.67. The van der Waals surface area contributed by atoms with E-state index in [4.69, 9.17) is 11.6 Å². The summed E-state index contributed by atoms with van der Waals surface area (Å²) in [5.74, 6) is 6.04. The van der Waals surface area contributed by atoms with Crippen molar-refractivity contribution in [3.8, 4) is 0 Å². The number of hydrogen-bond acceptors (Lipinski definition) is 4. The molecular weight excluding hydrogens is 260 g/mol. The Morgan fingerprint density at radius 2 is 1.90 bits per heavy atom. The number of hydrogen-bond donors (Lipinski definition) is 2. The van der Waals surface area contributed by atoms with Crippen molar-refractivity contribution in [1.29, 1.82) is 0 Å². The monoisotopic (exact) mass is 282 g/mol. The average Bonchev–Trinajstić information content (AvgIpc) is 2.45. The summed E-state index contributed by atoms with van der Waals surface area (Å²) in [7, 11) is 3.83. The number of likely N-dealkylation sites (N-methyl/N-ethyl adjacent to an activating group) is 1. The number of allylic oxidation sites excluding steroid dienone is 1. The third-order valence-electron chi connectivity index (χ3n) is 3.67. The molecule has 1 aromatic carbocycles. The second kappa shape index (κ2) is 5.89. The molecule has 0 fully saturated rings. The van der Waals surface area contributed by atoms with Gasteiger partial charge in [-0.25, -0.2) is 5.84 Å². The smallest absolute Gasteiger partial charge is 0.0843 e. The number of nitrogens with two attached hydrogens (primary N) is 2. The lowest BCUT2D eigenvalue weighted by atomic mass is 9.96. The molecule has 0 saturated carbocycles. The number of fused-ring (bicyclic) bond motifs is 1. The van der Waals surface area contributed by atoms with Crippen molar-refractivity contribution in [3.05, 3.63) is 72.0 Å². The van der Waals surface area contributed by atoms with Crippen LogP contribution in [0.1, 0.15) is 5.56 Å². The Labute approximate surface area is 126 Å².